The molecule has 130 valence electrons. The van der Waals surface area contributed by atoms with Gasteiger partial charge in [-0.05, 0) is 18.2 Å². The molecule has 0 saturated carbocycles. The minimum absolute atomic E-state index is 0. The Balaban J connectivity index is -0.00000132. The summed E-state index contributed by atoms with van der Waals surface area (Å²) in [4.78, 5) is 12.4. The van der Waals surface area contributed by atoms with E-state index in [9.17, 15) is 15.0 Å². The number of ether oxygens (including phenoxy) is 1. The molecule has 5 N–H and O–H groups in total. The number of phenols is 2. The van der Waals surface area contributed by atoms with E-state index in [1.54, 1.807) is 30.3 Å². The van der Waals surface area contributed by atoms with Gasteiger partial charge in [0, 0.05) is 35.7 Å². The summed E-state index contributed by atoms with van der Waals surface area (Å²) in [5, 5.41) is 22.5. The van der Waals surface area contributed by atoms with Crippen molar-refractivity contribution in [3.63, 3.8) is 0 Å². The van der Waals surface area contributed by atoms with Gasteiger partial charge in [0.05, 0.1) is 0 Å². The van der Waals surface area contributed by atoms with Crippen molar-refractivity contribution in [3.8, 4) is 17.2 Å². The van der Waals surface area contributed by atoms with Crippen LogP contribution in [0.5, 0.6) is 17.2 Å². The van der Waals surface area contributed by atoms with Crippen LogP contribution in [-0.2, 0) is 21.9 Å². The Morgan fingerprint density at radius 1 is 1.00 bits per heavy atom. The Kier molecular flexibility index (Phi) is 20.5. The molecule has 6 nitrogen and oxygen atoms in total. The van der Waals surface area contributed by atoms with E-state index in [-0.39, 0.29) is 123 Å². The van der Waals surface area contributed by atoms with Crippen LogP contribution in [-0.4, -0.2) is 118 Å². The van der Waals surface area contributed by atoms with Gasteiger partial charge in [0.1, 0.15) is 11.8 Å². The van der Waals surface area contributed by atoms with Crippen LogP contribution in [0.1, 0.15) is 11.6 Å². The van der Waals surface area contributed by atoms with Gasteiger partial charge in [0.15, 0.2) is 11.5 Å². The normalized spacial score (nSPS) is 10.0. The van der Waals surface area contributed by atoms with Crippen LogP contribution in [0.15, 0.2) is 48.5 Å². The van der Waals surface area contributed by atoms with E-state index < -0.39 is 12.0 Å². The second kappa shape index (κ2) is 16.9. The van der Waals surface area contributed by atoms with Crippen LogP contribution in [0.25, 0.3) is 0 Å². The number of nitrogens with two attached hydrogens (primary N) is 1. The van der Waals surface area contributed by atoms with E-state index in [1.807, 2.05) is 0 Å². The van der Waals surface area contributed by atoms with Crippen LogP contribution in [0.3, 0.4) is 0 Å². The summed E-state index contributed by atoms with van der Waals surface area (Å²) in [6, 6.07) is 11.8. The van der Waals surface area contributed by atoms with E-state index in [1.165, 1.54) is 18.2 Å². The van der Waals surface area contributed by atoms with Gasteiger partial charge in [-0.2, -0.15) is 0 Å². The number of hydrogen-bond donors (Lipinski definition) is 4. The minimum atomic E-state index is -0.885. The molecule has 0 fully saturated rings. The van der Waals surface area contributed by atoms with Crippen molar-refractivity contribution in [1.82, 2.24) is 5.32 Å². The molecule has 2 rings (SSSR count). The molecule has 0 radical (unpaired) electrons. The Morgan fingerprint density at radius 3 is 2.08 bits per heavy atom. The molecule has 2 aromatic rings. The molecule has 0 aliphatic rings. The van der Waals surface area contributed by atoms with Crippen molar-refractivity contribution in [2.45, 2.75) is 6.04 Å². The van der Waals surface area contributed by atoms with Gasteiger partial charge in [0.25, 0.3) is 0 Å². The average Bonchev–Trinajstić information content (AvgIpc) is 2.51. The molecule has 0 heterocycles. The number of benzene rings is 2. The zero-order valence-electron chi connectivity index (χ0n) is 12.3. The Bertz CT molecular complexity index is 665. The molecule has 0 aliphatic carbocycles. The number of nitrogens with one attached hydrogen (secondary N) is 1. The van der Waals surface area contributed by atoms with Crippen LogP contribution >= 0.6 is 0 Å². The molecule has 0 amide bonds. The fourth-order valence-electron chi connectivity index (χ4n) is 1.99. The third kappa shape index (κ3) is 9.43. The average molecular weight is 430 g/mol. The van der Waals surface area contributed by atoms with Gasteiger partial charge in [-0.3, -0.25) is 5.32 Å². The van der Waals surface area contributed by atoms with Gasteiger partial charge in [-0.15, -0.1) is 0 Å². The number of esters is 1. The number of carbonyl (C=O) groups excluding carboxylic acids is 1. The first-order valence-electron chi connectivity index (χ1n) is 6.84. The van der Waals surface area contributed by atoms with Crippen molar-refractivity contribution in [2.24, 2.45) is 5.73 Å². The fraction of sp³-hybridized carbons (Fsp3) is 0.188. The molecule has 26 heavy (non-hydrogen) atoms. The second-order valence-electron chi connectivity index (χ2n) is 4.62. The van der Waals surface area contributed by atoms with Crippen molar-refractivity contribution in [2.75, 3.05) is 13.1 Å². The summed E-state index contributed by atoms with van der Waals surface area (Å²) in [5.41, 5.74) is 5.84. The summed E-state index contributed by atoms with van der Waals surface area (Å²) in [5.74, 6) is -0.740. The summed E-state index contributed by atoms with van der Waals surface area (Å²) >= 11 is 0. The van der Waals surface area contributed by atoms with Crippen LogP contribution in [0, 0.1) is 0 Å². The maximum atomic E-state index is 12.4. The Labute approximate surface area is 230 Å². The quantitative estimate of drug-likeness (QED) is 0.276. The predicted octanol–water partition coefficient (Wildman–Crippen LogP) is -0.655. The third-order valence-corrected chi connectivity index (χ3v) is 3.05. The molecular weight excluding hydrogens is 409 g/mol. The number of carbonyl (C=O) groups is 1. The maximum absolute atomic E-state index is 12.4. The third-order valence-electron chi connectivity index (χ3n) is 3.05. The Morgan fingerprint density at radius 2 is 1.54 bits per heavy atom. The van der Waals surface area contributed by atoms with Crippen molar-refractivity contribution < 1.29 is 36.8 Å². The van der Waals surface area contributed by atoms with E-state index in [4.69, 9.17) is 10.5 Å². The van der Waals surface area contributed by atoms with Gasteiger partial charge in [-0.1, -0.05) is 30.3 Å². The zero-order chi connectivity index (χ0) is 15.9. The molecule has 0 bridgehead atoms. The molecule has 0 saturated heterocycles. The fourth-order valence-corrected chi connectivity index (χ4v) is 1.99. The summed E-state index contributed by atoms with van der Waals surface area (Å²) in [7, 11) is 0. The standard InChI is InChI=1S/C16H18N2O4.Fe.3Na.3H/c17-9-10-18-15(11-5-1-2-6-12(11)19)16(21)22-14-8-4-3-7-13(14)20;;;;;;;/h1-8,15,18-20H,9-10,17H2;;;;;;;. The number of phenolic OH excluding ortho intramolecular Hbond substituents is 2. The van der Waals surface area contributed by atoms with Crippen LogP contribution in [0.4, 0.5) is 0 Å². The first-order chi connectivity index (χ1) is 10.6. The number of para-hydroxylation sites is 3. The molecule has 1 atom stereocenters. The van der Waals surface area contributed by atoms with Crippen LogP contribution < -0.4 is 15.8 Å². The van der Waals surface area contributed by atoms with Gasteiger partial charge in [-0.25, -0.2) is 4.79 Å². The number of hydrogen-bond acceptors (Lipinski definition) is 6. The topological polar surface area (TPSA) is 105 Å². The van der Waals surface area contributed by atoms with Gasteiger partial charge in [0.2, 0.25) is 0 Å². The van der Waals surface area contributed by atoms with Gasteiger partial charge < -0.3 is 20.7 Å². The molecule has 0 aromatic heterocycles. The molecule has 0 spiro atoms. The van der Waals surface area contributed by atoms with E-state index in [0.29, 0.717) is 18.7 Å². The van der Waals surface area contributed by atoms with E-state index >= 15 is 0 Å². The molecule has 2 aromatic carbocycles. The first kappa shape index (κ1) is 31.6. The van der Waals surface area contributed by atoms with Crippen molar-refractivity contribution in [1.29, 1.82) is 0 Å². The SMILES string of the molecule is NCCNC(C(=O)Oc1ccccc1O)c1ccccc1O.[Fe].[NaH].[NaH].[NaH]. The summed E-state index contributed by atoms with van der Waals surface area (Å²) in [6.45, 7) is 0.697. The van der Waals surface area contributed by atoms with Crippen molar-refractivity contribution >= 4 is 94.6 Å². The zero-order valence-corrected chi connectivity index (χ0v) is 13.4. The Hall–Kier alpha value is 0.949. The van der Waals surface area contributed by atoms with Crippen molar-refractivity contribution in [3.05, 3.63) is 54.1 Å². The summed E-state index contributed by atoms with van der Waals surface area (Å²) < 4.78 is 5.21. The molecular formula is C16H21FeN2Na3O4. The van der Waals surface area contributed by atoms with Gasteiger partial charge >= 0.3 is 94.6 Å². The predicted molar refractivity (Wildman–Crippen MR) is 103 cm³/mol. The molecule has 0 aliphatic heterocycles. The number of aromatic hydroxyl groups is 2. The van der Waals surface area contributed by atoms with E-state index in [2.05, 4.69) is 5.32 Å². The van der Waals surface area contributed by atoms with Crippen LogP contribution in [0.2, 0.25) is 0 Å². The number of rotatable bonds is 6. The monoisotopic (exact) mass is 430 g/mol. The molecule has 10 heteroatoms. The first-order valence-corrected chi connectivity index (χ1v) is 6.84. The summed E-state index contributed by atoms with van der Waals surface area (Å²) in [6.07, 6.45) is 0. The van der Waals surface area contributed by atoms with E-state index in [0.717, 1.165) is 0 Å². The molecule has 1 unspecified atom stereocenters. The second-order valence-corrected chi connectivity index (χ2v) is 4.62.